The molecule has 3 rings (SSSR count). The highest BCUT2D eigenvalue weighted by molar-refractivity contribution is 8.03. The van der Waals surface area contributed by atoms with Crippen LogP contribution in [0.5, 0.6) is 0 Å². The molecule has 2 heterocycles. The summed E-state index contributed by atoms with van der Waals surface area (Å²) in [5.74, 6) is 2.13. The molecule has 2 aliphatic heterocycles. The van der Waals surface area contributed by atoms with E-state index in [-0.39, 0.29) is 0 Å². The summed E-state index contributed by atoms with van der Waals surface area (Å²) in [6, 6.07) is 0.774. The number of nitrogens with zero attached hydrogens (tertiary/aromatic N) is 3. The van der Waals surface area contributed by atoms with Crippen LogP contribution in [0, 0.1) is 5.92 Å². The van der Waals surface area contributed by atoms with E-state index in [9.17, 15) is 0 Å². The smallest absolute Gasteiger partial charge is 0.0504 e. The molecule has 0 bridgehead atoms. The summed E-state index contributed by atoms with van der Waals surface area (Å²) < 4.78 is 0. The molecule has 1 saturated heterocycles. The van der Waals surface area contributed by atoms with Gasteiger partial charge < -0.3 is 4.90 Å². The van der Waals surface area contributed by atoms with Gasteiger partial charge in [-0.1, -0.05) is 32.1 Å². The molecule has 1 aliphatic carbocycles. The van der Waals surface area contributed by atoms with Gasteiger partial charge >= 0.3 is 0 Å². The highest BCUT2D eigenvalue weighted by atomic mass is 32.2. The molecule has 4 heteroatoms. The molecule has 1 unspecified atom stereocenters. The van der Waals surface area contributed by atoms with Gasteiger partial charge in [-0.05, 0) is 45.4 Å². The van der Waals surface area contributed by atoms with E-state index < -0.39 is 0 Å². The maximum atomic E-state index is 4.38. The quantitative estimate of drug-likeness (QED) is 0.618. The van der Waals surface area contributed by atoms with Crippen LogP contribution in [0.3, 0.4) is 0 Å². The Hall–Kier alpha value is -0.320. The summed E-state index contributed by atoms with van der Waals surface area (Å²) in [6.07, 6.45) is 12.4. The predicted octanol–water partition coefficient (Wildman–Crippen LogP) is 4.75. The zero-order valence-corrected chi connectivity index (χ0v) is 16.3. The summed E-state index contributed by atoms with van der Waals surface area (Å²) in [7, 11) is 0. The second-order valence-corrected chi connectivity index (χ2v) is 8.93. The fraction of sp³-hybridized carbons (Fsp3) is 0.850. The highest BCUT2D eigenvalue weighted by Crippen LogP contribution is 2.32. The number of aliphatic imine (C=N–C) groups is 1. The molecule has 136 valence electrons. The van der Waals surface area contributed by atoms with Crippen molar-refractivity contribution in [3.05, 3.63) is 10.6 Å². The first-order chi connectivity index (χ1) is 11.8. The first-order valence-corrected chi connectivity index (χ1v) is 11.0. The Morgan fingerprint density at radius 1 is 1.08 bits per heavy atom. The second kappa shape index (κ2) is 9.40. The van der Waals surface area contributed by atoms with Gasteiger partial charge in [0.1, 0.15) is 0 Å². The highest BCUT2D eigenvalue weighted by Gasteiger charge is 2.24. The third-order valence-corrected chi connectivity index (χ3v) is 7.52. The van der Waals surface area contributed by atoms with Crippen LogP contribution in [0.25, 0.3) is 0 Å². The predicted molar refractivity (Wildman–Crippen MR) is 107 cm³/mol. The minimum absolute atomic E-state index is 0.774. The number of likely N-dealkylation sites (tertiary alicyclic amines) is 1. The molecular weight excluding hydrogens is 314 g/mol. The Morgan fingerprint density at radius 3 is 2.54 bits per heavy atom. The van der Waals surface area contributed by atoms with Gasteiger partial charge in [-0.25, -0.2) is 0 Å². The summed E-state index contributed by atoms with van der Waals surface area (Å²) in [4.78, 5) is 11.1. The van der Waals surface area contributed by atoms with E-state index in [4.69, 9.17) is 0 Å². The van der Waals surface area contributed by atoms with Crippen LogP contribution in [-0.4, -0.2) is 54.6 Å². The van der Waals surface area contributed by atoms with E-state index in [1.165, 1.54) is 88.1 Å². The minimum Gasteiger partial charge on any atom is -0.303 e. The van der Waals surface area contributed by atoms with Gasteiger partial charge in [0.2, 0.25) is 0 Å². The van der Waals surface area contributed by atoms with Crippen LogP contribution in [0.15, 0.2) is 15.6 Å². The maximum absolute atomic E-state index is 4.38. The van der Waals surface area contributed by atoms with Crippen LogP contribution in [0.1, 0.15) is 64.7 Å². The van der Waals surface area contributed by atoms with Crippen molar-refractivity contribution >= 4 is 18.5 Å². The van der Waals surface area contributed by atoms with Crippen molar-refractivity contribution in [2.75, 3.05) is 32.1 Å². The maximum Gasteiger partial charge on any atom is 0.0504 e. The fourth-order valence-corrected chi connectivity index (χ4v) is 5.50. The number of thioether (sulfide) groups is 1. The number of hydrogen-bond acceptors (Lipinski definition) is 4. The lowest BCUT2D eigenvalue weighted by Gasteiger charge is -2.38. The van der Waals surface area contributed by atoms with Gasteiger partial charge in [0.15, 0.2) is 0 Å². The molecule has 1 atom stereocenters. The topological polar surface area (TPSA) is 18.8 Å². The average Bonchev–Trinajstić information content (AvgIpc) is 2.81. The first-order valence-electron chi connectivity index (χ1n) is 10.0. The van der Waals surface area contributed by atoms with Gasteiger partial charge in [0.25, 0.3) is 0 Å². The Bertz CT molecular complexity index is 442. The lowest BCUT2D eigenvalue weighted by Crippen LogP contribution is -2.45. The third-order valence-electron chi connectivity index (χ3n) is 6.27. The van der Waals surface area contributed by atoms with Crippen LogP contribution in [0.2, 0.25) is 0 Å². The Kier molecular flexibility index (Phi) is 7.23. The monoisotopic (exact) mass is 349 g/mol. The third kappa shape index (κ3) is 5.09. The molecule has 0 radical (unpaired) electrons. The molecule has 3 nitrogen and oxygen atoms in total. The van der Waals surface area contributed by atoms with Crippen molar-refractivity contribution < 1.29 is 0 Å². The SMILES string of the molecule is C=NC1=C(SCN2CCC2C)CCN(CCC2CCCCC2)CC1. The van der Waals surface area contributed by atoms with Crippen LogP contribution in [0.4, 0.5) is 0 Å². The Labute approximate surface area is 153 Å². The summed E-state index contributed by atoms with van der Waals surface area (Å²) >= 11 is 2.02. The molecule has 0 aromatic heterocycles. The lowest BCUT2D eigenvalue weighted by atomic mass is 9.87. The standard InChI is InChI=1S/C20H35N3S/c1-17-8-15-23(17)16-24-20-11-14-22(13-10-19(20)21-2)12-9-18-6-4-3-5-7-18/h17-18H,2-16H2,1H3. The summed E-state index contributed by atoms with van der Waals surface area (Å²) in [5.41, 5.74) is 1.27. The van der Waals surface area contributed by atoms with E-state index in [0.717, 1.165) is 24.3 Å². The summed E-state index contributed by atoms with van der Waals surface area (Å²) in [6.45, 7) is 11.1. The number of rotatable bonds is 7. The Morgan fingerprint density at radius 2 is 1.88 bits per heavy atom. The molecule has 0 N–H and O–H groups in total. The molecular formula is C20H35N3S. The normalized spacial score (nSPS) is 27.8. The van der Waals surface area contributed by atoms with Gasteiger partial charge in [0, 0.05) is 42.9 Å². The molecule has 1 saturated carbocycles. The molecule has 2 fully saturated rings. The molecule has 3 aliphatic rings. The fourth-order valence-electron chi connectivity index (χ4n) is 4.23. The molecule has 0 aromatic rings. The van der Waals surface area contributed by atoms with E-state index in [1.54, 1.807) is 0 Å². The lowest BCUT2D eigenvalue weighted by molar-refractivity contribution is 0.134. The van der Waals surface area contributed by atoms with Crippen LogP contribution >= 0.6 is 11.8 Å². The van der Waals surface area contributed by atoms with E-state index in [2.05, 4.69) is 28.4 Å². The van der Waals surface area contributed by atoms with Crippen molar-refractivity contribution in [3.63, 3.8) is 0 Å². The minimum atomic E-state index is 0.774. The van der Waals surface area contributed by atoms with Crippen LogP contribution < -0.4 is 0 Å². The number of hydrogen-bond donors (Lipinski definition) is 0. The molecule has 0 amide bonds. The summed E-state index contributed by atoms with van der Waals surface area (Å²) in [5, 5.41) is 0. The van der Waals surface area contributed by atoms with Crippen molar-refractivity contribution in [3.8, 4) is 0 Å². The average molecular weight is 350 g/mol. The van der Waals surface area contributed by atoms with E-state index >= 15 is 0 Å². The van der Waals surface area contributed by atoms with Gasteiger partial charge in [-0.2, -0.15) is 0 Å². The van der Waals surface area contributed by atoms with Crippen molar-refractivity contribution in [1.82, 2.24) is 9.80 Å². The Balaban J connectivity index is 1.44. The zero-order valence-electron chi connectivity index (χ0n) is 15.5. The van der Waals surface area contributed by atoms with Crippen molar-refractivity contribution in [2.24, 2.45) is 10.9 Å². The second-order valence-electron chi connectivity index (χ2n) is 7.89. The molecule has 0 spiro atoms. The molecule has 24 heavy (non-hydrogen) atoms. The van der Waals surface area contributed by atoms with Gasteiger partial charge in [0.05, 0.1) is 5.70 Å². The van der Waals surface area contributed by atoms with E-state index in [1.807, 2.05) is 11.8 Å². The van der Waals surface area contributed by atoms with Crippen molar-refractivity contribution in [1.29, 1.82) is 0 Å². The van der Waals surface area contributed by atoms with Gasteiger partial charge in [-0.15, -0.1) is 11.8 Å². The van der Waals surface area contributed by atoms with Crippen molar-refractivity contribution in [2.45, 2.75) is 70.8 Å². The van der Waals surface area contributed by atoms with Crippen LogP contribution in [-0.2, 0) is 0 Å². The largest absolute Gasteiger partial charge is 0.303 e. The first kappa shape index (κ1) is 18.5. The zero-order chi connectivity index (χ0) is 16.8. The van der Waals surface area contributed by atoms with E-state index in [0.29, 0.717) is 0 Å². The molecule has 0 aromatic carbocycles. The van der Waals surface area contributed by atoms with Gasteiger partial charge in [-0.3, -0.25) is 9.89 Å².